The second kappa shape index (κ2) is 7.15. The summed E-state index contributed by atoms with van der Waals surface area (Å²) in [4.78, 5) is 21.6. The summed E-state index contributed by atoms with van der Waals surface area (Å²) in [5, 5.41) is 1.99. The second-order valence-corrected chi connectivity index (χ2v) is 5.75. The zero-order valence-electron chi connectivity index (χ0n) is 11.9. The van der Waals surface area contributed by atoms with Crippen molar-refractivity contribution in [1.82, 2.24) is 10.0 Å². The zero-order chi connectivity index (χ0) is 15.2. The van der Waals surface area contributed by atoms with Crippen LogP contribution in [0.3, 0.4) is 0 Å². The molecule has 0 saturated heterocycles. The number of hydrogen-bond donors (Lipinski definition) is 4. The van der Waals surface area contributed by atoms with Crippen LogP contribution in [0.15, 0.2) is 0 Å². The van der Waals surface area contributed by atoms with Gasteiger partial charge in [0.05, 0.1) is 0 Å². The number of hydrazine groups is 2. The van der Waals surface area contributed by atoms with Gasteiger partial charge in [0.25, 0.3) is 0 Å². The largest absolute Gasteiger partial charge is 0.350 e. The molecule has 0 radical (unpaired) electrons. The summed E-state index contributed by atoms with van der Waals surface area (Å²) in [7, 11) is 0. The van der Waals surface area contributed by atoms with E-state index in [4.69, 9.17) is 23.2 Å². The lowest BCUT2D eigenvalue weighted by Gasteiger charge is -2.30. The maximum Gasteiger partial charge on any atom is 0.328 e. The van der Waals surface area contributed by atoms with Crippen molar-refractivity contribution in [2.45, 2.75) is 33.6 Å². The highest BCUT2D eigenvalue weighted by Crippen LogP contribution is 2.29. The standard InChI is InChI=1S/C11H26N6O2/c1-8(7-17(15)10(13)19)6-11(2,3)4-5-16(14)9(12)18/h8H,4-7,14-15H2,1-3H3,(H2,12,18)(H2,13,19). The smallest absolute Gasteiger partial charge is 0.328 e. The number of carbonyl (C=O) groups excluding carboxylic acids is 2. The molecule has 8 nitrogen and oxygen atoms in total. The minimum atomic E-state index is -0.647. The first-order valence-corrected chi connectivity index (χ1v) is 6.18. The Bertz CT molecular complexity index is 320. The summed E-state index contributed by atoms with van der Waals surface area (Å²) < 4.78 is 0. The fourth-order valence-electron chi connectivity index (χ4n) is 2.07. The van der Waals surface area contributed by atoms with Gasteiger partial charge in [-0.2, -0.15) is 0 Å². The van der Waals surface area contributed by atoms with E-state index in [0.717, 1.165) is 16.4 Å². The molecule has 0 aliphatic carbocycles. The Morgan fingerprint density at radius 1 is 1.11 bits per heavy atom. The molecule has 0 aliphatic heterocycles. The lowest BCUT2D eigenvalue weighted by molar-refractivity contribution is 0.167. The first-order chi connectivity index (χ1) is 8.55. The average molecular weight is 274 g/mol. The normalized spacial score (nSPS) is 12.9. The molecule has 1 unspecified atom stereocenters. The molecule has 0 aliphatic rings. The van der Waals surface area contributed by atoms with E-state index in [1.165, 1.54) is 0 Å². The SMILES string of the molecule is CC(CN(N)C(N)=O)CC(C)(C)CCN(N)C(N)=O. The van der Waals surface area contributed by atoms with Crippen LogP contribution < -0.4 is 23.2 Å². The molecule has 1 atom stereocenters. The van der Waals surface area contributed by atoms with Crippen molar-refractivity contribution in [2.24, 2.45) is 34.5 Å². The highest BCUT2D eigenvalue weighted by Gasteiger charge is 2.23. The highest BCUT2D eigenvalue weighted by atomic mass is 16.2. The molecule has 8 N–H and O–H groups in total. The van der Waals surface area contributed by atoms with Crippen molar-refractivity contribution in [1.29, 1.82) is 0 Å². The van der Waals surface area contributed by atoms with Crippen LogP contribution in [0, 0.1) is 11.3 Å². The molecule has 0 aromatic carbocycles. The number of carbonyl (C=O) groups is 2. The quantitative estimate of drug-likeness (QED) is 0.292. The molecule has 0 spiro atoms. The Labute approximate surface area is 114 Å². The van der Waals surface area contributed by atoms with E-state index in [9.17, 15) is 9.59 Å². The van der Waals surface area contributed by atoms with Crippen molar-refractivity contribution < 1.29 is 9.59 Å². The molecule has 4 amide bonds. The maximum atomic E-state index is 10.8. The van der Waals surface area contributed by atoms with E-state index in [2.05, 4.69) is 13.8 Å². The van der Waals surface area contributed by atoms with Gasteiger partial charge in [-0.3, -0.25) is 10.0 Å². The van der Waals surface area contributed by atoms with Gasteiger partial charge in [-0.05, 0) is 24.2 Å². The van der Waals surface area contributed by atoms with Crippen LogP contribution >= 0.6 is 0 Å². The van der Waals surface area contributed by atoms with Crippen LogP contribution in [0.1, 0.15) is 33.6 Å². The number of hydrogen-bond acceptors (Lipinski definition) is 4. The zero-order valence-corrected chi connectivity index (χ0v) is 11.9. The molecule has 112 valence electrons. The monoisotopic (exact) mass is 274 g/mol. The van der Waals surface area contributed by atoms with Crippen LogP contribution in [-0.4, -0.2) is 35.2 Å². The van der Waals surface area contributed by atoms with E-state index >= 15 is 0 Å². The number of nitrogens with zero attached hydrogens (tertiary/aromatic N) is 2. The van der Waals surface area contributed by atoms with Crippen LogP contribution in [0.4, 0.5) is 9.59 Å². The van der Waals surface area contributed by atoms with Crippen LogP contribution in [0.5, 0.6) is 0 Å². The van der Waals surface area contributed by atoms with E-state index in [-0.39, 0.29) is 11.3 Å². The topological polar surface area (TPSA) is 145 Å². The first kappa shape index (κ1) is 17.5. The summed E-state index contributed by atoms with van der Waals surface area (Å²) in [6, 6.07) is -1.29. The Balaban J connectivity index is 4.20. The number of urea groups is 2. The molecule has 0 saturated carbocycles. The molecule has 0 rings (SSSR count). The Morgan fingerprint density at radius 3 is 2.00 bits per heavy atom. The van der Waals surface area contributed by atoms with Gasteiger partial charge in [0, 0.05) is 13.1 Å². The van der Waals surface area contributed by atoms with Gasteiger partial charge in [-0.15, -0.1) is 0 Å². The fourth-order valence-corrected chi connectivity index (χ4v) is 2.07. The van der Waals surface area contributed by atoms with Crippen LogP contribution in [0.2, 0.25) is 0 Å². The summed E-state index contributed by atoms with van der Waals surface area (Å²) >= 11 is 0. The van der Waals surface area contributed by atoms with E-state index in [1.54, 1.807) is 0 Å². The first-order valence-electron chi connectivity index (χ1n) is 6.18. The summed E-state index contributed by atoms with van der Waals surface area (Å²) in [5.41, 5.74) is 10.1. The van der Waals surface area contributed by atoms with Crippen molar-refractivity contribution in [3.05, 3.63) is 0 Å². The van der Waals surface area contributed by atoms with Gasteiger partial charge in [-0.1, -0.05) is 20.8 Å². The number of primary amides is 2. The van der Waals surface area contributed by atoms with E-state index in [0.29, 0.717) is 19.5 Å². The average Bonchev–Trinajstić information content (AvgIpc) is 2.24. The summed E-state index contributed by atoms with van der Waals surface area (Å²) in [6.07, 6.45) is 1.53. The second-order valence-electron chi connectivity index (χ2n) is 5.75. The lowest BCUT2D eigenvalue weighted by Crippen LogP contribution is -2.45. The predicted molar refractivity (Wildman–Crippen MR) is 73.1 cm³/mol. The highest BCUT2D eigenvalue weighted by molar-refractivity contribution is 5.71. The minimum absolute atomic E-state index is 0.0506. The molecule has 0 aromatic heterocycles. The Hall–Kier alpha value is -1.54. The Kier molecular flexibility index (Phi) is 6.57. The van der Waals surface area contributed by atoms with Crippen molar-refractivity contribution in [3.8, 4) is 0 Å². The molecule has 8 heteroatoms. The Morgan fingerprint density at radius 2 is 1.58 bits per heavy atom. The predicted octanol–water partition coefficient (Wildman–Crippen LogP) is -0.0623. The number of rotatable bonds is 7. The third-order valence-corrected chi connectivity index (χ3v) is 3.01. The van der Waals surface area contributed by atoms with Crippen molar-refractivity contribution in [2.75, 3.05) is 13.1 Å². The lowest BCUT2D eigenvalue weighted by atomic mass is 9.80. The van der Waals surface area contributed by atoms with Gasteiger partial charge in [0.1, 0.15) is 0 Å². The van der Waals surface area contributed by atoms with E-state index < -0.39 is 12.1 Å². The van der Waals surface area contributed by atoms with Crippen LogP contribution in [0.25, 0.3) is 0 Å². The van der Waals surface area contributed by atoms with Gasteiger partial charge >= 0.3 is 12.1 Å². The molecular weight excluding hydrogens is 248 g/mol. The van der Waals surface area contributed by atoms with Gasteiger partial charge in [0.2, 0.25) is 0 Å². The van der Waals surface area contributed by atoms with Gasteiger partial charge in [-0.25, -0.2) is 21.3 Å². The molecule has 0 fully saturated rings. The maximum absolute atomic E-state index is 10.8. The van der Waals surface area contributed by atoms with Crippen molar-refractivity contribution >= 4 is 12.1 Å². The molecular formula is C11H26N6O2. The van der Waals surface area contributed by atoms with Crippen molar-refractivity contribution in [3.63, 3.8) is 0 Å². The third-order valence-electron chi connectivity index (χ3n) is 3.01. The molecule has 19 heavy (non-hydrogen) atoms. The van der Waals surface area contributed by atoms with E-state index in [1.807, 2.05) is 6.92 Å². The number of nitrogens with two attached hydrogens (primary N) is 4. The summed E-state index contributed by atoms with van der Waals surface area (Å²) in [5.74, 6) is 11.1. The number of amides is 4. The molecule has 0 heterocycles. The molecule has 0 aromatic rings. The van der Waals surface area contributed by atoms with Gasteiger partial charge < -0.3 is 11.5 Å². The minimum Gasteiger partial charge on any atom is -0.350 e. The van der Waals surface area contributed by atoms with Crippen LogP contribution in [-0.2, 0) is 0 Å². The molecule has 0 bridgehead atoms. The fraction of sp³-hybridized carbons (Fsp3) is 0.818. The van der Waals surface area contributed by atoms with Gasteiger partial charge in [0.15, 0.2) is 0 Å². The third kappa shape index (κ3) is 7.47. The summed E-state index contributed by atoms with van der Waals surface area (Å²) in [6.45, 7) is 6.88.